The minimum absolute atomic E-state index is 0.129. The van der Waals surface area contributed by atoms with Crippen LogP contribution < -0.4 is 4.72 Å². The summed E-state index contributed by atoms with van der Waals surface area (Å²) in [5.74, 6) is 0.206. The quantitative estimate of drug-likeness (QED) is 0.798. The SMILES string of the molecule is Cc1cc(C)c(S(=O)(=O)NC(CN2CCc3ccccc3C2)C(C)C)c(C)c1. The predicted molar refractivity (Wildman–Crippen MR) is 115 cm³/mol. The second-order valence-electron chi connectivity index (χ2n) is 8.45. The predicted octanol–water partition coefficient (Wildman–Crippen LogP) is 3.97. The number of hydrogen-bond acceptors (Lipinski definition) is 3. The van der Waals surface area contributed by atoms with E-state index in [0.29, 0.717) is 4.90 Å². The van der Waals surface area contributed by atoms with Crippen LogP contribution in [0.25, 0.3) is 0 Å². The number of hydrogen-bond donors (Lipinski definition) is 1. The molecule has 1 atom stereocenters. The van der Waals surface area contributed by atoms with E-state index in [4.69, 9.17) is 0 Å². The number of nitrogens with zero attached hydrogens (tertiary/aromatic N) is 1. The number of aryl methyl sites for hydroxylation is 3. The Labute approximate surface area is 170 Å². The molecule has 1 aliphatic rings. The molecule has 1 aliphatic heterocycles. The molecule has 0 radical (unpaired) electrons. The van der Waals surface area contributed by atoms with E-state index < -0.39 is 10.0 Å². The van der Waals surface area contributed by atoms with Crippen LogP contribution in [0.4, 0.5) is 0 Å². The average molecular weight is 401 g/mol. The van der Waals surface area contributed by atoms with Crippen molar-refractivity contribution in [1.29, 1.82) is 0 Å². The van der Waals surface area contributed by atoms with E-state index in [-0.39, 0.29) is 12.0 Å². The molecule has 0 aromatic heterocycles. The van der Waals surface area contributed by atoms with E-state index in [1.165, 1.54) is 11.1 Å². The van der Waals surface area contributed by atoms with Gasteiger partial charge >= 0.3 is 0 Å². The van der Waals surface area contributed by atoms with Crippen molar-refractivity contribution in [3.05, 3.63) is 64.2 Å². The Balaban J connectivity index is 1.79. The summed E-state index contributed by atoms with van der Waals surface area (Å²) in [5, 5.41) is 0. The maximum Gasteiger partial charge on any atom is 0.241 e. The van der Waals surface area contributed by atoms with Crippen LogP contribution in [0.5, 0.6) is 0 Å². The lowest BCUT2D eigenvalue weighted by atomic mass is 9.98. The molecule has 28 heavy (non-hydrogen) atoms. The maximum atomic E-state index is 13.2. The summed E-state index contributed by atoms with van der Waals surface area (Å²) in [7, 11) is -3.57. The van der Waals surface area contributed by atoms with Gasteiger partial charge in [0, 0.05) is 25.7 Å². The first-order chi connectivity index (χ1) is 13.2. The molecule has 0 fully saturated rings. The lowest BCUT2D eigenvalue weighted by Crippen LogP contribution is -2.48. The van der Waals surface area contributed by atoms with Crippen LogP contribution in [0, 0.1) is 26.7 Å². The van der Waals surface area contributed by atoms with Gasteiger partial charge in [-0.25, -0.2) is 13.1 Å². The molecular weight excluding hydrogens is 368 g/mol. The molecule has 2 aromatic carbocycles. The van der Waals surface area contributed by atoms with Gasteiger partial charge in [-0.15, -0.1) is 0 Å². The number of rotatable bonds is 6. The van der Waals surface area contributed by atoms with E-state index in [9.17, 15) is 8.42 Å². The van der Waals surface area contributed by atoms with Crippen LogP contribution in [0.1, 0.15) is 41.7 Å². The molecule has 0 bridgehead atoms. The summed E-state index contributed by atoms with van der Waals surface area (Å²) in [4.78, 5) is 2.79. The molecule has 0 spiro atoms. The summed E-state index contributed by atoms with van der Waals surface area (Å²) in [5.41, 5.74) is 5.45. The second kappa shape index (κ2) is 8.36. The molecule has 1 N–H and O–H groups in total. The number of fused-ring (bicyclic) bond motifs is 1. The lowest BCUT2D eigenvalue weighted by molar-refractivity contribution is 0.214. The second-order valence-corrected chi connectivity index (χ2v) is 10.1. The van der Waals surface area contributed by atoms with Crippen LogP contribution in [0.15, 0.2) is 41.3 Å². The van der Waals surface area contributed by atoms with Gasteiger partial charge in [0.05, 0.1) is 4.90 Å². The summed E-state index contributed by atoms with van der Waals surface area (Å²) >= 11 is 0. The largest absolute Gasteiger partial charge is 0.297 e. The topological polar surface area (TPSA) is 49.4 Å². The monoisotopic (exact) mass is 400 g/mol. The summed E-state index contributed by atoms with van der Waals surface area (Å²) < 4.78 is 29.4. The zero-order valence-corrected chi connectivity index (χ0v) is 18.4. The Morgan fingerprint density at radius 1 is 1.04 bits per heavy atom. The maximum absolute atomic E-state index is 13.2. The molecule has 3 rings (SSSR count). The van der Waals surface area contributed by atoms with E-state index in [1.807, 2.05) is 32.9 Å². The highest BCUT2D eigenvalue weighted by Crippen LogP contribution is 2.24. The van der Waals surface area contributed by atoms with Crippen LogP contribution in [0.3, 0.4) is 0 Å². The van der Waals surface area contributed by atoms with Gasteiger partial charge in [0.1, 0.15) is 0 Å². The zero-order valence-electron chi connectivity index (χ0n) is 17.6. The molecule has 5 heteroatoms. The van der Waals surface area contributed by atoms with E-state index in [0.717, 1.165) is 42.7 Å². The molecule has 0 amide bonds. The summed E-state index contributed by atoms with van der Waals surface area (Å²) in [6, 6.07) is 12.3. The van der Waals surface area contributed by atoms with Crippen molar-refractivity contribution in [1.82, 2.24) is 9.62 Å². The van der Waals surface area contributed by atoms with Gasteiger partial charge in [-0.3, -0.25) is 4.90 Å². The normalized spacial score (nSPS) is 16.2. The van der Waals surface area contributed by atoms with Crippen molar-refractivity contribution >= 4 is 10.0 Å². The third-order valence-electron chi connectivity index (χ3n) is 5.65. The fourth-order valence-electron chi connectivity index (χ4n) is 4.22. The van der Waals surface area contributed by atoms with Crippen LogP contribution in [-0.4, -0.2) is 32.4 Å². The minimum Gasteiger partial charge on any atom is -0.297 e. The average Bonchev–Trinajstić information content (AvgIpc) is 2.59. The molecule has 0 saturated carbocycles. The number of benzene rings is 2. The third kappa shape index (κ3) is 4.65. The van der Waals surface area contributed by atoms with Crippen molar-refractivity contribution in [3.63, 3.8) is 0 Å². The highest BCUT2D eigenvalue weighted by Gasteiger charge is 2.28. The van der Waals surface area contributed by atoms with E-state index in [1.54, 1.807) is 0 Å². The first-order valence-corrected chi connectivity index (χ1v) is 11.5. The molecule has 0 saturated heterocycles. The Kier molecular flexibility index (Phi) is 6.28. The van der Waals surface area contributed by atoms with E-state index >= 15 is 0 Å². The standard InChI is InChI=1S/C23H32N2O2S/c1-16(2)22(15-25-11-10-20-8-6-7-9-21(20)14-25)24-28(26,27)23-18(4)12-17(3)13-19(23)5/h6-9,12-13,16,22,24H,10-11,14-15H2,1-5H3. The fraction of sp³-hybridized carbons (Fsp3) is 0.478. The van der Waals surface area contributed by atoms with Gasteiger partial charge < -0.3 is 0 Å². The van der Waals surface area contributed by atoms with Crippen molar-refractivity contribution in [2.24, 2.45) is 5.92 Å². The van der Waals surface area contributed by atoms with Crippen molar-refractivity contribution < 1.29 is 8.42 Å². The summed E-state index contributed by atoms with van der Waals surface area (Å²) in [6.45, 7) is 12.5. The summed E-state index contributed by atoms with van der Waals surface area (Å²) in [6.07, 6.45) is 1.02. The first-order valence-electron chi connectivity index (χ1n) is 10.1. The molecule has 1 heterocycles. The highest BCUT2D eigenvalue weighted by atomic mass is 32.2. The van der Waals surface area contributed by atoms with Gasteiger partial charge in [0.25, 0.3) is 0 Å². The fourth-order valence-corrected chi connectivity index (χ4v) is 6.05. The van der Waals surface area contributed by atoms with Gasteiger partial charge in [-0.2, -0.15) is 0 Å². The number of sulfonamides is 1. The van der Waals surface area contributed by atoms with Crippen molar-refractivity contribution in [2.75, 3.05) is 13.1 Å². The van der Waals surface area contributed by atoms with Gasteiger partial charge in [0.15, 0.2) is 0 Å². The smallest absolute Gasteiger partial charge is 0.241 e. The van der Waals surface area contributed by atoms with Gasteiger partial charge in [-0.05, 0) is 55.4 Å². The van der Waals surface area contributed by atoms with Crippen LogP contribution in [-0.2, 0) is 23.0 Å². The Bertz CT molecular complexity index is 928. The Hall–Kier alpha value is -1.69. The molecule has 4 nitrogen and oxygen atoms in total. The van der Waals surface area contributed by atoms with Crippen LogP contribution in [0.2, 0.25) is 0 Å². The third-order valence-corrected chi connectivity index (χ3v) is 7.44. The van der Waals surface area contributed by atoms with Crippen LogP contribution >= 0.6 is 0 Å². The molecule has 152 valence electrons. The molecule has 0 aliphatic carbocycles. The molecule has 1 unspecified atom stereocenters. The molecular formula is C23H32N2O2S. The van der Waals surface area contributed by atoms with Crippen molar-refractivity contribution in [3.8, 4) is 0 Å². The van der Waals surface area contributed by atoms with Crippen molar-refractivity contribution in [2.45, 2.75) is 58.5 Å². The van der Waals surface area contributed by atoms with Gasteiger partial charge in [0.2, 0.25) is 10.0 Å². The zero-order chi connectivity index (χ0) is 20.5. The number of nitrogens with one attached hydrogen (secondary N) is 1. The Morgan fingerprint density at radius 3 is 2.25 bits per heavy atom. The Morgan fingerprint density at radius 2 is 1.64 bits per heavy atom. The molecule has 2 aromatic rings. The van der Waals surface area contributed by atoms with E-state index in [2.05, 4.69) is 47.7 Å². The minimum atomic E-state index is -3.57. The van der Waals surface area contributed by atoms with Gasteiger partial charge in [-0.1, -0.05) is 55.8 Å². The first kappa shape index (κ1) is 21.0. The lowest BCUT2D eigenvalue weighted by Gasteiger charge is -2.33. The highest BCUT2D eigenvalue weighted by molar-refractivity contribution is 7.89.